The predicted molar refractivity (Wildman–Crippen MR) is 110 cm³/mol. The van der Waals surface area contributed by atoms with Gasteiger partial charge in [-0.1, -0.05) is 48.8 Å². The second-order valence-corrected chi connectivity index (χ2v) is 7.61. The lowest BCUT2D eigenvalue weighted by Gasteiger charge is -2.11. The van der Waals surface area contributed by atoms with Crippen LogP contribution in [-0.2, 0) is 6.54 Å². The first-order valence-corrected chi connectivity index (χ1v) is 10.3. The van der Waals surface area contributed by atoms with Gasteiger partial charge in [-0.2, -0.15) is 0 Å². The number of rotatable bonds is 8. The van der Waals surface area contributed by atoms with Crippen LogP contribution < -0.4 is 5.32 Å². The van der Waals surface area contributed by atoms with Crippen LogP contribution in [0.25, 0.3) is 5.69 Å². The third-order valence-electron chi connectivity index (χ3n) is 3.99. The number of nitrogens with one attached hydrogen (secondary N) is 1. The van der Waals surface area contributed by atoms with Gasteiger partial charge in [-0.15, -0.1) is 10.2 Å². The van der Waals surface area contributed by atoms with E-state index in [0.29, 0.717) is 10.8 Å². The predicted octanol–water partition coefficient (Wildman–Crippen LogP) is 4.88. The van der Waals surface area contributed by atoms with Gasteiger partial charge in [0.2, 0.25) is 0 Å². The Balaban J connectivity index is 1.82. The number of carbonyl (C=O) groups is 1. The number of thioether (sulfide) groups is 1. The Kier molecular flexibility index (Phi) is 7.06. The summed E-state index contributed by atoms with van der Waals surface area (Å²) in [7, 11) is 0. The maximum Gasteiger partial charge on any atom is 0.251 e. The van der Waals surface area contributed by atoms with Crippen molar-refractivity contribution in [3.63, 3.8) is 0 Å². The Hall–Kier alpha value is -2.38. The van der Waals surface area contributed by atoms with Crippen molar-refractivity contribution in [2.75, 3.05) is 5.75 Å². The third kappa shape index (κ3) is 5.11. The van der Waals surface area contributed by atoms with Crippen LogP contribution in [0.3, 0.4) is 0 Å². The lowest BCUT2D eigenvalue weighted by atomic mass is 10.2. The second kappa shape index (κ2) is 9.71. The number of hydrogen-bond donors (Lipinski definition) is 1. The minimum atomic E-state index is -0.454. The number of amides is 1. The Morgan fingerprint density at radius 2 is 2.04 bits per heavy atom. The standard InChI is InChI=1S/C20H20ClFN4OS/c1-2-3-10-28-20-25-24-18(26(20)17-9-5-7-15(21)12-17)13-23-19(27)14-6-4-8-16(22)11-14/h4-9,11-12H,2-3,10,13H2,1H3,(H,23,27). The Morgan fingerprint density at radius 3 is 2.79 bits per heavy atom. The summed E-state index contributed by atoms with van der Waals surface area (Å²) in [4.78, 5) is 12.3. The number of aromatic nitrogens is 3. The maximum atomic E-state index is 13.3. The van der Waals surface area contributed by atoms with Crippen LogP contribution in [0.15, 0.2) is 53.7 Å². The smallest absolute Gasteiger partial charge is 0.251 e. The lowest BCUT2D eigenvalue weighted by molar-refractivity contribution is 0.0949. The number of nitrogens with zero attached hydrogens (tertiary/aromatic N) is 3. The van der Waals surface area contributed by atoms with Crippen molar-refractivity contribution in [1.29, 1.82) is 0 Å². The molecular weight excluding hydrogens is 399 g/mol. The summed E-state index contributed by atoms with van der Waals surface area (Å²) < 4.78 is 15.2. The van der Waals surface area contributed by atoms with Crippen LogP contribution in [0, 0.1) is 5.82 Å². The van der Waals surface area contributed by atoms with E-state index < -0.39 is 5.82 Å². The van der Waals surface area contributed by atoms with Crippen LogP contribution in [0.5, 0.6) is 0 Å². The van der Waals surface area contributed by atoms with Crippen LogP contribution in [0.4, 0.5) is 4.39 Å². The number of carbonyl (C=O) groups excluding carboxylic acids is 1. The fraction of sp³-hybridized carbons (Fsp3) is 0.250. The molecule has 2 aromatic carbocycles. The zero-order chi connectivity index (χ0) is 19.9. The summed E-state index contributed by atoms with van der Waals surface area (Å²) in [5, 5.41) is 12.6. The molecule has 1 heterocycles. The topological polar surface area (TPSA) is 59.8 Å². The number of hydrogen-bond acceptors (Lipinski definition) is 4. The van der Waals surface area contributed by atoms with Gasteiger partial charge in [0.25, 0.3) is 5.91 Å². The van der Waals surface area contributed by atoms with Gasteiger partial charge in [-0.05, 0) is 42.8 Å². The molecule has 1 N–H and O–H groups in total. The van der Waals surface area contributed by atoms with E-state index >= 15 is 0 Å². The minimum Gasteiger partial charge on any atom is -0.345 e. The van der Waals surface area contributed by atoms with Gasteiger partial charge in [-0.3, -0.25) is 9.36 Å². The molecule has 146 valence electrons. The highest BCUT2D eigenvalue weighted by atomic mass is 35.5. The molecule has 0 fully saturated rings. The molecule has 0 bridgehead atoms. The first kappa shape index (κ1) is 20.4. The molecule has 8 heteroatoms. The van der Waals surface area contributed by atoms with Crippen molar-refractivity contribution in [1.82, 2.24) is 20.1 Å². The largest absolute Gasteiger partial charge is 0.345 e. The van der Waals surface area contributed by atoms with Crippen LogP contribution in [0.2, 0.25) is 5.02 Å². The molecule has 0 radical (unpaired) electrons. The molecule has 1 aromatic heterocycles. The summed E-state index contributed by atoms with van der Waals surface area (Å²) in [6.45, 7) is 2.29. The van der Waals surface area contributed by atoms with Gasteiger partial charge in [0.05, 0.1) is 12.2 Å². The SMILES string of the molecule is CCCCSc1nnc(CNC(=O)c2cccc(F)c2)n1-c1cccc(Cl)c1. The Labute approximate surface area is 172 Å². The molecule has 0 atom stereocenters. The van der Waals surface area contributed by atoms with Gasteiger partial charge < -0.3 is 5.32 Å². The molecule has 0 aliphatic rings. The normalized spacial score (nSPS) is 10.8. The lowest BCUT2D eigenvalue weighted by Crippen LogP contribution is -2.24. The first-order valence-electron chi connectivity index (χ1n) is 8.95. The molecule has 28 heavy (non-hydrogen) atoms. The molecule has 0 saturated carbocycles. The number of unbranched alkanes of at least 4 members (excludes halogenated alkanes) is 1. The average molecular weight is 419 g/mol. The Bertz CT molecular complexity index is 963. The zero-order valence-corrected chi connectivity index (χ0v) is 16.9. The summed E-state index contributed by atoms with van der Waals surface area (Å²) in [5.74, 6) is 0.667. The fourth-order valence-corrected chi connectivity index (χ4v) is 3.82. The summed E-state index contributed by atoms with van der Waals surface area (Å²) in [5.41, 5.74) is 1.08. The molecule has 1 amide bonds. The van der Waals surface area contributed by atoms with Gasteiger partial charge in [0, 0.05) is 16.3 Å². The fourth-order valence-electron chi connectivity index (χ4n) is 2.58. The second-order valence-electron chi connectivity index (χ2n) is 6.11. The van der Waals surface area contributed by atoms with E-state index in [1.54, 1.807) is 23.9 Å². The van der Waals surface area contributed by atoms with Gasteiger partial charge in [-0.25, -0.2) is 4.39 Å². The van der Waals surface area contributed by atoms with E-state index in [1.807, 2.05) is 22.8 Å². The molecular formula is C20H20ClFN4OS. The number of benzene rings is 2. The third-order valence-corrected chi connectivity index (χ3v) is 5.24. The summed E-state index contributed by atoms with van der Waals surface area (Å²) >= 11 is 7.76. The molecule has 0 aliphatic heterocycles. The van der Waals surface area contributed by atoms with E-state index in [4.69, 9.17) is 11.6 Å². The zero-order valence-electron chi connectivity index (χ0n) is 15.4. The van der Waals surface area contributed by atoms with E-state index in [1.165, 1.54) is 18.2 Å². The van der Waals surface area contributed by atoms with Gasteiger partial charge >= 0.3 is 0 Å². The summed E-state index contributed by atoms with van der Waals surface area (Å²) in [6.07, 6.45) is 2.16. The molecule has 0 unspecified atom stereocenters. The van der Waals surface area contributed by atoms with E-state index in [2.05, 4.69) is 22.4 Å². The van der Waals surface area contributed by atoms with Crippen molar-refractivity contribution in [2.45, 2.75) is 31.5 Å². The minimum absolute atomic E-state index is 0.156. The van der Waals surface area contributed by atoms with Gasteiger partial charge in [0.1, 0.15) is 5.82 Å². The molecule has 3 rings (SSSR count). The van der Waals surface area contributed by atoms with Crippen molar-refractivity contribution in [2.24, 2.45) is 0 Å². The quantitative estimate of drug-likeness (QED) is 0.418. The van der Waals surface area contributed by atoms with Crippen LogP contribution in [-0.4, -0.2) is 26.4 Å². The summed E-state index contributed by atoms with van der Waals surface area (Å²) in [6, 6.07) is 12.9. The highest BCUT2D eigenvalue weighted by Crippen LogP contribution is 2.24. The number of halogens is 2. The van der Waals surface area contributed by atoms with Crippen LogP contribution in [0.1, 0.15) is 35.9 Å². The van der Waals surface area contributed by atoms with Crippen LogP contribution >= 0.6 is 23.4 Å². The van der Waals surface area contributed by atoms with Crippen molar-refractivity contribution in [3.05, 3.63) is 70.8 Å². The molecule has 0 aliphatic carbocycles. The van der Waals surface area contributed by atoms with E-state index in [-0.39, 0.29) is 18.0 Å². The van der Waals surface area contributed by atoms with Crippen molar-refractivity contribution < 1.29 is 9.18 Å². The van der Waals surface area contributed by atoms with E-state index in [9.17, 15) is 9.18 Å². The first-order chi connectivity index (χ1) is 13.6. The average Bonchev–Trinajstić information content (AvgIpc) is 3.09. The van der Waals surface area contributed by atoms with Crippen molar-refractivity contribution >= 4 is 29.3 Å². The maximum absolute atomic E-state index is 13.3. The highest BCUT2D eigenvalue weighted by molar-refractivity contribution is 7.99. The molecule has 0 spiro atoms. The van der Waals surface area contributed by atoms with E-state index in [0.717, 1.165) is 29.4 Å². The monoisotopic (exact) mass is 418 g/mol. The molecule has 3 aromatic rings. The van der Waals surface area contributed by atoms with Gasteiger partial charge in [0.15, 0.2) is 11.0 Å². The molecule has 0 saturated heterocycles. The molecule has 5 nitrogen and oxygen atoms in total. The highest BCUT2D eigenvalue weighted by Gasteiger charge is 2.16. The van der Waals surface area contributed by atoms with Crippen molar-refractivity contribution in [3.8, 4) is 5.69 Å². The Morgan fingerprint density at radius 1 is 1.21 bits per heavy atom.